The summed E-state index contributed by atoms with van der Waals surface area (Å²) in [6.07, 6.45) is 8.23. The number of nitrogens with zero attached hydrogens (tertiary/aromatic N) is 3. The lowest BCUT2D eigenvalue weighted by molar-refractivity contribution is 0.482. The molecule has 0 saturated heterocycles. The van der Waals surface area contributed by atoms with Crippen molar-refractivity contribution in [1.82, 2.24) is 0 Å². The molecule has 0 fully saturated rings. The fourth-order valence-corrected chi connectivity index (χ4v) is 7.88. The molecular formula is C54H45N3O. The largest absolute Gasteiger partial charge is 0.452 e. The average molecular weight is 752 g/mol. The minimum absolute atomic E-state index is 0.511. The van der Waals surface area contributed by atoms with E-state index in [-0.39, 0.29) is 0 Å². The highest BCUT2D eigenvalue weighted by Crippen LogP contribution is 2.56. The Morgan fingerprint density at radius 1 is 0.724 bits per heavy atom. The monoisotopic (exact) mass is 751 g/mol. The number of para-hydroxylation sites is 2. The summed E-state index contributed by atoms with van der Waals surface area (Å²) in [5.74, 6) is 1.67. The Bertz CT molecular complexity index is 2770. The number of hydrogen-bond donors (Lipinski definition) is 0. The van der Waals surface area contributed by atoms with Gasteiger partial charge in [0, 0.05) is 16.6 Å². The van der Waals surface area contributed by atoms with Crippen LogP contribution in [0.2, 0.25) is 0 Å². The molecule has 0 unspecified atom stereocenters. The first-order valence-corrected chi connectivity index (χ1v) is 19.6. The normalized spacial score (nSPS) is 13.1. The maximum atomic E-state index is 6.80. The number of benzene rings is 7. The van der Waals surface area contributed by atoms with Crippen LogP contribution < -0.4 is 9.64 Å². The Labute approximate surface area is 341 Å². The second kappa shape index (κ2) is 16.8. The van der Waals surface area contributed by atoms with Crippen molar-refractivity contribution in [2.24, 2.45) is 9.98 Å². The lowest BCUT2D eigenvalue weighted by atomic mass is 9.88. The maximum absolute atomic E-state index is 6.80. The van der Waals surface area contributed by atoms with Gasteiger partial charge in [0.05, 0.1) is 29.3 Å². The molecular weight excluding hydrogens is 707 g/mol. The van der Waals surface area contributed by atoms with Gasteiger partial charge in [-0.3, -0.25) is 9.98 Å². The van der Waals surface area contributed by atoms with Gasteiger partial charge in [-0.05, 0) is 114 Å². The van der Waals surface area contributed by atoms with E-state index in [1.165, 1.54) is 0 Å². The van der Waals surface area contributed by atoms with Crippen LogP contribution in [0.1, 0.15) is 41.7 Å². The molecule has 0 radical (unpaired) electrons. The van der Waals surface area contributed by atoms with Crippen LogP contribution in [0.3, 0.4) is 0 Å². The van der Waals surface area contributed by atoms with E-state index in [2.05, 4.69) is 146 Å². The molecule has 4 nitrogen and oxygen atoms in total. The number of rotatable bonds is 11. The molecule has 4 heteroatoms. The number of fused-ring (bicyclic) bond motifs is 4. The van der Waals surface area contributed by atoms with Crippen LogP contribution >= 0.6 is 0 Å². The van der Waals surface area contributed by atoms with Crippen molar-refractivity contribution in [3.05, 3.63) is 222 Å². The minimum Gasteiger partial charge on any atom is -0.452 e. The molecule has 0 saturated carbocycles. The van der Waals surface area contributed by atoms with Gasteiger partial charge in [-0.1, -0.05) is 152 Å². The zero-order chi connectivity index (χ0) is 40.0. The van der Waals surface area contributed by atoms with Crippen LogP contribution in [-0.2, 0) is 6.54 Å². The first-order valence-electron chi connectivity index (χ1n) is 19.6. The lowest BCUT2D eigenvalue weighted by Crippen LogP contribution is -2.18. The molecule has 0 N–H and O–H groups in total. The molecule has 0 bridgehead atoms. The molecule has 7 aromatic carbocycles. The van der Waals surface area contributed by atoms with E-state index >= 15 is 0 Å². The predicted octanol–water partition coefficient (Wildman–Crippen LogP) is 14.7. The molecule has 0 atom stereocenters. The number of aliphatic imine (C=N–C) groups is 2. The standard InChI is InChI=1S/C54H45N3O/c1-6-19-37(3)45(7-2)52-38(4)53-54(47-27-15-14-26-46(47)52)58-51-29-17-16-28-50(51)57(53)44-32-30-40(31-33-44)43-25-18-20-39(34-43)36-56-49(42-23-12-9-13-24-42)35-48(55-5)41-21-10-8-11-22-41/h6-35H,2,5,36H2,1,3-4H3/b19-6-,45-37+,48-35-,56-49?. The van der Waals surface area contributed by atoms with Gasteiger partial charge in [0.1, 0.15) is 0 Å². The summed E-state index contributed by atoms with van der Waals surface area (Å²) in [7, 11) is 0. The van der Waals surface area contributed by atoms with Crippen molar-refractivity contribution in [2.45, 2.75) is 27.3 Å². The van der Waals surface area contributed by atoms with Crippen molar-refractivity contribution in [1.29, 1.82) is 0 Å². The van der Waals surface area contributed by atoms with Gasteiger partial charge in [-0.2, -0.15) is 0 Å². The molecule has 1 aliphatic heterocycles. The summed E-state index contributed by atoms with van der Waals surface area (Å²) in [4.78, 5) is 11.8. The molecule has 0 amide bonds. The number of allylic oxidation sites excluding steroid dienone is 6. The number of ether oxygens (including phenoxy) is 1. The maximum Gasteiger partial charge on any atom is 0.159 e. The van der Waals surface area contributed by atoms with Gasteiger partial charge in [-0.25, -0.2) is 0 Å². The van der Waals surface area contributed by atoms with Gasteiger partial charge in [0.15, 0.2) is 11.5 Å². The highest BCUT2D eigenvalue weighted by atomic mass is 16.5. The molecule has 0 spiro atoms. The quantitative estimate of drug-likeness (QED) is 0.0975. The van der Waals surface area contributed by atoms with Gasteiger partial charge >= 0.3 is 0 Å². The first kappa shape index (κ1) is 37.6. The van der Waals surface area contributed by atoms with E-state index in [1.807, 2.05) is 79.7 Å². The van der Waals surface area contributed by atoms with E-state index in [0.717, 1.165) is 101 Å². The van der Waals surface area contributed by atoms with E-state index in [9.17, 15) is 0 Å². The third-order valence-electron chi connectivity index (χ3n) is 10.6. The average Bonchev–Trinajstić information content (AvgIpc) is 3.28. The molecule has 0 aliphatic carbocycles. The Morgan fingerprint density at radius 3 is 2.10 bits per heavy atom. The van der Waals surface area contributed by atoms with Crippen LogP contribution in [0.4, 0.5) is 17.1 Å². The fourth-order valence-electron chi connectivity index (χ4n) is 7.88. The van der Waals surface area contributed by atoms with Crippen molar-refractivity contribution < 1.29 is 4.74 Å². The minimum atomic E-state index is 0.511. The van der Waals surface area contributed by atoms with Gasteiger partial charge in [0.25, 0.3) is 0 Å². The van der Waals surface area contributed by atoms with Gasteiger partial charge in [0.2, 0.25) is 0 Å². The number of hydrogen-bond acceptors (Lipinski definition) is 4. The zero-order valence-corrected chi connectivity index (χ0v) is 33.2. The highest BCUT2D eigenvalue weighted by molar-refractivity contribution is 6.12. The van der Waals surface area contributed by atoms with Gasteiger partial charge in [-0.15, -0.1) is 0 Å². The zero-order valence-electron chi connectivity index (χ0n) is 33.2. The topological polar surface area (TPSA) is 37.2 Å². The SMILES string of the molecule is C=C/C(=C(C)\C=C/C)c1c(C)c2c(c3ccccc13)Oc1ccccc1N2c1ccc(-c2cccc(CN=C(/C=C(\N=C)c3ccccc3)c3ccccc3)c2)cc1. The molecule has 0 aromatic heterocycles. The summed E-state index contributed by atoms with van der Waals surface area (Å²) >= 11 is 0. The van der Waals surface area contributed by atoms with Crippen LogP contribution in [0, 0.1) is 6.92 Å². The first-order chi connectivity index (χ1) is 28.5. The summed E-state index contributed by atoms with van der Waals surface area (Å²) < 4.78 is 6.80. The predicted molar refractivity (Wildman–Crippen MR) is 247 cm³/mol. The van der Waals surface area contributed by atoms with Crippen LogP contribution in [-0.4, -0.2) is 12.4 Å². The van der Waals surface area contributed by atoms with E-state index in [4.69, 9.17) is 9.73 Å². The van der Waals surface area contributed by atoms with Crippen molar-refractivity contribution in [2.75, 3.05) is 4.90 Å². The summed E-state index contributed by atoms with van der Waals surface area (Å²) in [5.41, 5.74) is 14.6. The fraction of sp³-hybridized carbons (Fsp3) is 0.0741. The van der Waals surface area contributed by atoms with E-state index in [1.54, 1.807) is 0 Å². The van der Waals surface area contributed by atoms with E-state index in [0.29, 0.717) is 6.54 Å². The van der Waals surface area contributed by atoms with Crippen molar-refractivity contribution in [3.8, 4) is 22.6 Å². The summed E-state index contributed by atoms with van der Waals surface area (Å²) in [6, 6.07) is 54.6. The van der Waals surface area contributed by atoms with Crippen molar-refractivity contribution >= 4 is 51.5 Å². The Kier molecular flexibility index (Phi) is 10.9. The second-order valence-corrected chi connectivity index (χ2v) is 14.3. The highest BCUT2D eigenvalue weighted by Gasteiger charge is 2.31. The summed E-state index contributed by atoms with van der Waals surface area (Å²) in [5, 5.41) is 2.20. The van der Waals surface area contributed by atoms with Crippen LogP contribution in [0.5, 0.6) is 11.5 Å². The number of anilines is 3. The smallest absolute Gasteiger partial charge is 0.159 e. The lowest BCUT2D eigenvalue weighted by Gasteiger charge is -2.36. The molecule has 8 rings (SSSR count). The molecule has 58 heavy (non-hydrogen) atoms. The van der Waals surface area contributed by atoms with Gasteiger partial charge < -0.3 is 9.64 Å². The van der Waals surface area contributed by atoms with E-state index < -0.39 is 0 Å². The third-order valence-corrected chi connectivity index (χ3v) is 10.6. The Hall–Kier alpha value is -7.30. The summed E-state index contributed by atoms with van der Waals surface area (Å²) in [6.45, 7) is 15.0. The molecule has 282 valence electrons. The third kappa shape index (κ3) is 7.36. The molecule has 1 aliphatic rings. The Morgan fingerprint density at radius 2 is 1.40 bits per heavy atom. The van der Waals surface area contributed by atoms with Crippen LogP contribution in [0.25, 0.3) is 33.2 Å². The second-order valence-electron chi connectivity index (χ2n) is 14.3. The molecule has 1 heterocycles. The van der Waals surface area contributed by atoms with Crippen LogP contribution in [0.15, 0.2) is 204 Å². The van der Waals surface area contributed by atoms with Crippen molar-refractivity contribution in [3.63, 3.8) is 0 Å². The Balaban J connectivity index is 1.18. The molecule has 7 aromatic rings.